The van der Waals surface area contributed by atoms with Crippen molar-refractivity contribution < 1.29 is 0 Å². The van der Waals surface area contributed by atoms with Gasteiger partial charge in [0.15, 0.2) is 0 Å². The largest absolute Gasteiger partial charge is 0.310 e. The van der Waals surface area contributed by atoms with Gasteiger partial charge in [0.1, 0.15) is 0 Å². The van der Waals surface area contributed by atoms with E-state index in [2.05, 4.69) is 71.5 Å². The maximum absolute atomic E-state index is 4.57. The van der Waals surface area contributed by atoms with E-state index in [4.69, 9.17) is 0 Å². The lowest BCUT2D eigenvalue weighted by Gasteiger charge is -2.06. The van der Waals surface area contributed by atoms with E-state index in [1.807, 2.05) is 10.7 Å². The van der Waals surface area contributed by atoms with Gasteiger partial charge >= 0.3 is 0 Å². The third-order valence-corrected chi connectivity index (χ3v) is 3.48. The van der Waals surface area contributed by atoms with Gasteiger partial charge in [-0.25, -0.2) is 0 Å². The first kappa shape index (κ1) is 14.3. The Morgan fingerprint density at radius 3 is 2.84 bits per heavy atom. The van der Waals surface area contributed by atoms with E-state index in [1.165, 1.54) is 11.1 Å². The van der Waals surface area contributed by atoms with Crippen LogP contribution in [0.5, 0.6) is 0 Å². The van der Waals surface area contributed by atoms with Crippen LogP contribution in [0.3, 0.4) is 0 Å². The van der Waals surface area contributed by atoms with E-state index in [-0.39, 0.29) is 0 Å². The number of nitrogens with one attached hydrogen (secondary N) is 1. The van der Waals surface area contributed by atoms with Crippen molar-refractivity contribution >= 4 is 15.9 Å². The summed E-state index contributed by atoms with van der Waals surface area (Å²) in [7, 11) is 0. The van der Waals surface area contributed by atoms with Crippen LogP contribution in [-0.4, -0.2) is 15.8 Å². The predicted octanol–water partition coefficient (Wildman–Crippen LogP) is 3.50. The molecule has 102 valence electrons. The Morgan fingerprint density at radius 1 is 1.37 bits per heavy atom. The lowest BCUT2D eigenvalue weighted by atomic mass is 10.2. The molecule has 2 aromatic rings. The zero-order valence-electron chi connectivity index (χ0n) is 11.7. The van der Waals surface area contributed by atoms with Crippen molar-refractivity contribution in [1.29, 1.82) is 0 Å². The lowest BCUT2D eigenvalue weighted by molar-refractivity contribution is 0.587. The molecule has 3 nitrogen and oxygen atoms in total. The van der Waals surface area contributed by atoms with E-state index in [0.29, 0.717) is 6.04 Å². The third-order valence-electron chi connectivity index (χ3n) is 2.98. The van der Waals surface area contributed by atoms with Gasteiger partial charge in [-0.1, -0.05) is 41.9 Å². The maximum Gasteiger partial charge on any atom is 0.0659 e. The predicted molar refractivity (Wildman–Crippen MR) is 82.2 cm³/mol. The highest BCUT2D eigenvalue weighted by atomic mass is 79.9. The van der Waals surface area contributed by atoms with E-state index in [1.54, 1.807) is 0 Å². The molecular weight excluding hydrogens is 302 g/mol. The number of hydrogen-bond donors (Lipinski definition) is 1. The molecule has 19 heavy (non-hydrogen) atoms. The number of hydrogen-bond acceptors (Lipinski definition) is 2. The summed E-state index contributed by atoms with van der Waals surface area (Å²) >= 11 is 3.50. The Hall–Kier alpha value is -1.13. The van der Waals surface area contributed by atoms with Crippen molar-refractivity contribution in [3.05, 3.63) is 51.8 Å². The monoisotopic (exact) mass is 321 g/mol. The molecule has 0 saturated heterocycles. The molecule has 1 aromatic carbocycles. The van der Waals surface area contributed by atoms with Crippen molar-refractivity contribution in [3.63, 3.8) is 0 Å². The van der Waals surface area contributed by atoms with Crippen LogP contribution in [0.2, 0.25) is 0 Å². The van der Waals surface area contributed by atoms with Crippen molar-refractivity contribution in [3.8, 4) is 0 Å². The highest BCUT2D eigenvalue weighted by molar-refractivity contribution is 9.10. The Bertz CT molecular complexity index is 546. The standard InChI is InChI=1S/C15H20BrN3/c1-11(2)17-8-14-10-19(18-12(14)3)9-13-5-4-6-15(16)7-13/h4-7,10-11,17H,8-9H2,1-3H3. The molecule has 2 rings (SSSR count). The quantitative estimate of drug-likeness (QED) is 0.913. The maximum atomic E-state index is 4.57. The van der Waals surface area contributed by atoms with Gasteiger partial charge in [0.25, 0.3) is 0 Å². The summed E-state index contributed by atoms with van der Waals surface area (Å²) in [6, 6.07) is 8.83. The molecule has 1 aromatic heterocycles. The van der Waals surface area contributed by atoms with Crippen molar-refractivity contribution in [2.45, 2.75) is 39.9 Å². The van der Waals surface area contributed by atoms with Crippen LogP contribution in [-0.2, 0) is 13.1 Å². The summed E-state index contributed by atoms with van der Waals surface area (Å²) in [6.07, 6.45) is 2.13. The molecule has 0 amide bonds. The number of aryl methyl sites for hydroxylation is 1. The minimum atomic E-state index is 0.493. The summed E-state index contributed by atoms with van der Waals surface area (Å²) in [5, 5.41) is 8.00. The molecule has 0 radical (unpaired) electrons. The van der Waals surface area contributed by atoms with Crippen molar-refractivity contribution in [1.82, 2.24) is 15.1 Å². The Kier molecular flexibility index (Phi) is 4.77. The first-order valence-electron chi connectivity index (χ1n) is 6.55. The molecular formula is C15H20BrN3. The zero-order valence-corrected chi connectivity index (χ0v) is 13.2. The van der Waals surface area contributed by atoms with E-state index >= 15 is 0 Å². The van der Waals surface area contributed by atoms with Crippen LogP contribution in [0.25, 0.3) is 0 Å². The second-order valence-corrected chi connectivity index (χ2v) is 6.02. The van der Waals surface area contributed by atoms with Crippen LogP contribution in [0.15, 0.2) is 34.9 Å². The van der Waals surface area contributed by atoms with Gasteiger partial charge in [-0.2, -0.15) is 5.10 Å². The second-order valence-electron chi connectivity index (χ2n) is 5.10. The third kappa shape index (κ3) is 4.18. The molecule has 0 aliphatic heterocycles. The second kappa shape index (κ2) is 6.35. The molecule has 0 aliphatic carbocycles. The SMILES string of the molecule is Cc1nn(Cc2cccc(Br)c2)cc1CNC(C)C. The average Bonchev–Trinajstić information content (AvgIpc) is 2.67. The zero-order chi connectivity index (χ0) is 13.8. The molecule has 0 spiro atoms. The van der Waals surface area contributed by atoms with Gasteiger partial charge in [0.2, 0.25) is 0 Å². The van der Waals surface area contributed by atoms with Crippen molar-refractivity contribution in [2.24, 2.45) is 0 Å². The molecule has 0 unspecified atom stereocenters. The summed E-state index contributed by atoms with van der Waals surface area (Å²) in [4.78, 5) is 0. The smallest absolute Gasteiger partial charge is 0.0659 e. The number of nitrogens with zero attached hydrogens (tertiary/aromatic N) is 2. The number of benzene rings is 1. The van der Waals surface area contributed by atoms with Gasteiger partial charge in [-0.3, -0.25) is 4.68 Å². The van der Waals surface area contributed by atoms with Gasteiger partial charge in [0, 0.05) is 28.8 Å². The summed E-state index contributed by atoms with van der Waals surface area (Å²) < 4.78 is 3.12. The van der Waals surface area contributed by atoms with Gasteiger partial charge < -0.3 is 5.32 Å². The van der Waals surface area contributed by atoms with E-state index in [0.717, 1.165) is 23.3 Å². The van der Waals surface area contributed by atoms with Crippen LogP contribution < -0.4 is 5.32 Å². The fourth-order valence-electron chi connectivity index (χ4n) is 1.95. The fourth-order valence-corrected chi connectivity index (χ4v) is 2.40. The normalized spacial score (nSPS) is 11.2. The number of halogens is 1. The highest BCUT2D eigenvalue weighted by Crippen LogP contribution is 2.13. The minimum Gasteiger partial charge on any atom is -0.310 e. The van der Waals surface area contributed by atoms with Gasteiger partial charge in [-0.05, 0) is 24.6 Å². The number of aromatic nitrogens is 2. The van der Waals surface area contributed by atoms with Crippen molar-refractivity contribution in [2.75, 3.05) is 0 Å². The van der Waals surface area contributed by atoms with Gasteiger partial charge in [-0.15, -0.1) is 0 Å². The molecule has 0 aliphatic rings. The number of rotatable bonds is 5. The highest BCUT2D eigenvalue weighted by Gasteiger charge is 2.06. The van der Waals surface area contributed by atoms with Crippen LogP contribution in [0, 0.1) is 6.92 Å². The Morgan fingerprint density at radius 2 is 2.16 bits per heavy atom. The van der Waals surface area contributed by atoms with Crippen LogP contribution >= 0.6 is 15.9 Å². The molecule has 1 N–H and O–H groups in total. The molecule has 0 fully saturated rings. The minimum absolute atomic E-state index is 0.493. The Labute approximate surface area is 123 Å². The Balaban J connectivity index is 2.07. The summed E-state index contributed by atoms with van der Waals surface area (Å²) in [5.74, 6) is 0. The molecule has 1 heterocycles. The summed E-state index contributed by atoms with van der Waals surface area (Å²) in [5.41, 5.74) is 3.62. The average molecular weight is 322 g/mol. The lowest BCUT2D eigenvalue weighted by Crippen LogP contribution is -2.21. The molecule has 0 bridgehead atoms. The fraction of sp³-hybridized carbons (Fsp3) is 0.400. The molecule has 0 atom stereocenters. The first-order chi connectivity index (χ1) is 9.04. The van der Waals surface area contributed by atoms with E-state index in [9.17, 15) is 0 Å². The molecule has 0 saturated carbocycles. The summed E-state index contributed by atoms with van der Waals surface area (Å²) in [6.45, 7) is 8.06. The van der Waals surface area contributed by atoms with Gasteiger partial charge in [0.05, 0.1) is 12.2 Å². The van der Waals surface area contributed by atoms with Crippen LogP contribution in [0.1, 0.15) is 30.7 Å². The first-order valence-corrected chi connectivity index (χ1v) is 7.34. The topological polar surface area (TPSA) is 29.9 Å². The van der Waals surface area contributed by atoms with E-state index < -0.39 is 0 Å². The molecule has 4 heteroatoms. The van der Waals surface area contributed by atoms with Crippen LogP contribution in [0.4, 0.5) is 0 Å².